The summed E-state index contributed by atoms with van der Waals surface area (Å²) in [6.45, 7) is 5.69. The van der Waals surface area contributed by atoms with Crippen LogP contribution in [0.25, 0.3) is 0 Å². The minimum atomic E-state index is -2.88. The van der Waals surface area contributed by atoms with E-state index in [1.54, 1.807) is 0 Å². The molecular weight excluding hydrogens is 282 g/mol. The molecule has 0 aliphatic heterocycles. The van der Waals surface area contributed by atoms with E-state index in [2.05, 4.69) is 19.2 Å². The van der Waals surface area contributed by atoms with Gasteiger partial charge >= 0.3 is 0 Å². The number of rotatable bonds is 6. The van der Waals surface area contributed by atoms with Crippen LogP contribution in [0, 0.1) is 11.3 Å². The van der Waals surface area contributed by atoms with Crippen molar-refractivity contribution in [2.45, 2.75) is 82.9 Å². The molecule has 1 N–H and O–H groups in total. The van der Waals surface area contributed by atoms with Crippen LogP contribution in [0.15, 0.2) is 0 Å². The molecule has 2 aliphatic rings. The molecule has 3 unspecified atom stereocenters. The summed E-state index contributed by atoms with van der Waals surface area (Å²) < 4.78 is 23.9. The highest BCUT2D eigenvalue weighted by molar-refractivity contribution is 7.91. The fourth-order valence-corrected chi connectivity index (χ4v) is 5.84. The van der Waals surface area contributed by atoms with Crippen LogP contribution in [0.2, 0.25) is 0 Å². The predicted molar refractivity (Wildman–Crippen MR) is 89.2 cm³/mol. The molecule has 4 heteroatoms. The number of sulfone groups is 1. The van der Waals surface area contributed by atoms with E-state index in [-0.39, 0.29) is 5.25 Å². The maximum Gasteiger partial charge on any atom is 0.150 e. The van der Waals surface area contributed by atoms with Crippen LogP contribution in [-0.4, -0.2) is 32.5 Å². The summed E-state index contributed by atoms with van der Waals surface area (Å²) >= 11 is 0. The zero-order valence-corrected chi connectivity index (χ0v) is 14.8. The van der Waals surface area contributed by atoms with Crippen molar-refractivity contribution in [3.63, 3.8) is 0 Å². The summed E-state index contributed by atoms with van der Waals surface area (Å²) in [6, 6.07) is 0.504. The van der Waals surface area contributed by atoms with Gasteiger partial charge in [0.15, 0.2) is 0 Å². The van der Waals surface area contributed by atoms with Gasteiger partial charge in [0.05, 0.1) is 5.25 Å². The van der Waals surface area contributed by atoms with Crippen LogP contribution in [0.1, 0.15) is 71.6 Å². The Morgan fingerprint density at radius 1 is 1.19 bits per heavy atom. The van der Waals surface area contributed by atoms with Crippen LogP contribution in [-0.2, 0) is 9.84 Å². The number of hydrogen-bond donors (Lipinski definition) is 1. The van der Waals surface area contributed by atoms with Gasteiger partial charge in [-0.25, -0.2) is 8.42 Å². The van der Waals surface area contributed by atoms with E-state index in [9.17, 15) is 8.42 Å². The lowest BCUT2D eigenvalue weighted by Gasteiger charge is -2.43. The van der Waals surface area contributed by atoms with E-state index >= 15 is 0 Å². The summed E-state index contributed by atoms with van der Waals surface area (Å²) in [5, 5.41) is 3.69. The van der Waals surface area contributed by atoms with Crippen LogP contribution in [0.4, 0.5) is 0 Å². The highest BCUT2D eigenvalue weighted by atomic mass is 32.2. The summed E-state index contributed by atoms with van der Waals surface area (Å²) in [6.07, 6.45) is 11.9. The van der Waals surface area contributed by atoms with E-state index in [0.29, 0.717) is 17.4 Å². The van der Waals surface area contributed by atoms with E-state index in [1.807, 2.05) is 0 Å². The molecule has 2 aliphatic carbocycles. The fourth-order valence-electron chi connectivity index (χ4n) is 4.65. The molecule has 2 fully saturated rings. The molecular formula is C17H33NO2S. The lowest BCUT2D eigenvalue weighted by molar-refractivity contribution is 0.132. The molecule has 3 nitrogen and oxygen atoms in total. The van der Waals surface area contributed by atoms with Gasteiger partial charge < -0.3 is 5.32 Å². The van der Waals surface area contributed by atoms with Crippen molar-refractivity contribution in [2.24, 2.45) is 11.3 Å². The van der Waals surface area contributed by atoms with Crippen LogP contribution >= 0.6 is 0 Å². The number of nitrogens with one attached hydrogen (secondary N) is 1. The van der Waals surface area contributed by atoms with E-state index in [4.69, 9.17) is 0 Å². The van der Waals surface area contributed by atoms with E-state index in [1.165, 1.54) is 38.4 Å². The molecule has 0 aromatic carbocycles. The average molecular weight is 316 g/mol. The quantitative estimate of drug-likeness (QED) is 0.815. The van der Waals surface area contributed by atoms with E-state index < -0.39 is 9.84 Å². The zero-order valence-electron chi connectivity index (χ0n) is 14.0. The Balaban J connectivity index is 2.12. The molecule has 0 heterocycles. The summed E-state index contributed by atoms with van der Waals surface area (Å²) in [4.78, 5) is 0. The first kappa shape index (κ1) is 17.3. The van der Waals surface area contributed by atoms with Crippen LogP contribution in [0.5, 0.6) is 0 Å². The Morgan fingerprint density at radius 3 is 2.43 bits per heavy atom. The maximum absolute atomic E-state index is 11.9. The Bertz CT molecular complexity index is 426. The largest absolute Gasteiger partial charge is 0.313 e. The van der Waals surface area contributed by atoms with E-state index in [0.717, 1.165) is 32.2 Å². The molecule has 0 radical (unpaired) electrons. The SMILES string of the molecule is CCCNC(C1CCCC(S(C)(=O)=O)C1)C1(C)CCCC1. The first-order valence-electron chi connectivity index (χ1n) is 8.79. The molecule has 124 valence electrons. The Morgan fingerprint density at radius 2 is 1.86 bits per heavy atom. The van der Waals surface area contributed by atoms with Gasteiger partial charge in [0, 0.05) is 12.3 Å². The molecule has 0 aromatic heterocycles. The molecule has 0 spiro atoms. The van der Waals surface area contributed by atoms with Crippen LogP contribution < -0.4 is 5.32 Å². The van der Waals surface area contributed by atoms with Crippen molar-refractivity contribution < 1.29 is 8.42 Å². The minimum Gasteiger partial charge on any atom is -0.313 e. The Hall–Kier alpha value is -0.0900. The molecule has 2 saturated carbocycles. The van der Waals surface area contributed by atoms with Gasteiger partial charge in [0.25, 0.3) is 0 Å². The first-order valence-corrected chi connectivity index (χ1v) is 10.7. The summed E-state index contributed by atoms with van der Waals surface area (Å²) in [5.41, 5.74) is 0.374. The Labute approximate surface area is 131 Å². The normalized spacial score (nSPS) is 31.2. The Kier molecular flexibility index (Phi) is 5.75. The summed E-state index contributed by atoms with van der Waals surface area (Å²) in [5.74, 6) is 0.535. The fraction of sp³-hybridized carbons (Fsp3) is 1.00. The van der Waals surface area contributed by atoms with Gasteiger partial charge in [0.1, 0.15) is 9.84 Å². The molecule has 2 rings (SSSR count). The highest BCUT2D eigenvalue weighted by Crippen LogP contribution is 2.46. The molecule has 0 amide bonds. The van der Waals surface area contributed by atoms with Gasteiger partial charge in [-0.2, -0.15) is 0 Å². The highest BCUT2D eigenvalue weighted by Gasteiger charge is 2.43. The van der Waals surface area contributed by atoms with Gasteiger partial charge in [-0.3, -0.25) is 0 Å². The second-order valence-corrected chi connectivity index (χ2v) is 10.00. The lowest BCUT2D eigenvalue weighted by atomic mass is 9.70. The third kappa shape index (κ3) is 4.22. The first-order chi connectivity index (χ1) is 9.87. The van der Waals surface area contributed by atoms with Crippen molar-refractivity contribution in [1.82, 2.24) is 5.32 Å². The standard InChI is InChI=1S/C17H33NO2S/c1-4-12-18-16(17(2)10-5-6-11-17)14-8-7-9-15(13-14)21(3,19)20/h14-16,18H,4-13H2,1-3H3. The minimum absolute atomic E-state index is 0.104. The molecule has 3 atom stereocenters. The maximum atomic E-state index is 11.9. The van der Waals surface area contributed by atoms with Gasteiger partial charge in [-0.05, 0) is 56.4 Å². The molecule has 0 bridgehead atoms. The third-order valence-electron chi connectivity index (χ3n) is 5.85. The molecule has 0 aromatic rings. The summed E-state index contributed by atoms with van der Waals surface area (Å²) in [7, 11) is -2.88. The van der Waals surface area contributed by atoms with Gasteiger partial charge in [-0.15, -0.1) is 0 Å². The molecule has 21 heavy (non-hydrogen) atoms. The van der Waals surface area contributed by atoms with Crippen molar-refractivity contribution in [1.29, 1.82) is 0 Å². The molecule has 0 saturated heterocycles. The smallest absolute Gasteiger partial charge is 0.150 e. The second-order valence-electron chi connectivity index (χ2n) is 7.67. The van der Waals surface area contributed by atoms with Crippen molar-refractivity contribution >= 4 is 9.84 Å². The van der Waals surface area contributed by atoms with Gasteiger partial charge in [-0.1, -0.05) is 33.1 Å². The predicted octanol–water partition coefficient (Wildman–Crippen LogP) is 3.54. The second kappa shape index (κ2) is 6.99. The van der Waals surface area contributed by atoms with Crippen LogP contribution in [0.3, 0.4) is 0 Å². The monoisotopic (exact) mass is 315 g/mol. The zero-order chi connectivity index (χ0) is 15.5. The van der Waals surface area contributed by atoms with Gasteiger partial charge in [0.2, 0.25) is 0 Å². The third-order valence-corrected chi connectivity index (χ3v) is 7.49. The topological polar surface area (TPSA) is 46.2 Å². The van der Waals surface area contributed by atoms with Crippen molar-refractivity contribution in [3.8, 4) is 0 Å². The lowest BCUT2D eigenvalue weighted by Crippen LogP contribution is -2.50. The average Bonchev–Trinajstić information content (AvgIpc) is 2.86. The van der Waals surface area contributed by atoms with Crippen molar-refractivity contribution in [2.75, 3.05) is 12.8 Å². The number of hydrogen-bond acceptors (Lipinski definition) is 3. The van der Waals surface area contributed by atoms with Crippen molar-refractivity contribution in [3.05, 3.63) is 0 Å².